The van der Waals surface area contributed by atoms with Crippen molar-refractivity contribution in [1.29, 1.82) is 0 Å². The van der Waals surface area contributed by atoms with Crippen LogP contribution in [0, 0.1) is 20.8 Å². The molecule has 1 heterocycles. The number of ketones is 1. The van der Waals surface area contributed by atoms with E-state index >= 15 is 0 Å². The smallest absolute Gasteiger partial charge is 0.319 e. The van der Waals surface area contributed by atoms with Gasteiger partial charge >= 0.3 is 6.03 Å². The van der Waals surface area contributed by atoms with E-state index in [0.29, 0.717) is 12.0 Å². The van der Waals surface area contributed by atoms with E-state index in [2.05, 4.69) is 5.32 Å². The molecule has 0 bridgehead atoms. The highest BCUT2D eigenvalue weighted by Crippen LogP contribution is 2.42. The zero-order valence-electron chi connectivity index (χ0n) is 16.7. The van der Waals surface area contributed by atoms with Gasteiger partial charge in [-0.15, -0.1) is 0 Å². The highest BCUT2D eigenvalue weighted by Gasteiger charge is 2.55. The largest absolute Gasteiger partial charge is 0.325 e. The summed E-state index contributed by atoms with van der Waals surface area (Å²) in [6.07, 6.45) is 1.35. The van der Waals surface area contributed by atoms with Crippen LogP contribution in [-0.4, -0.2) is 22.6 Å². The number of nitrogens with zero attached hydrogens (tertiary/aromatic N) is 1. The molecule has 4 rings (SSSR count). The summed E-state index contributed by atoms with van der Waals surface area (Å²) in [5.74, 6) is -0.208. The Kier molecular flexibility index (Phi) is 4.14. The van der Waals surface area contributed by atoms with Crippen LogP contribution < -0.4 is 5.32 Å². The van der Waals surface area contributed by atoms with Gasteiger partial charge in [-0.05, 0) is 73.9 Å². The fourth-order valence-corrected chi connectivity index (χ4v) is 4.90. The molecule has 1 spiro atoms. The first-order valence-electron chi connectivity index (χ1n) is 9.59. The second-order valence-electron chi connectivity index (χ2n) is 7.93. The summed E-state index contributed by atoms with van der Waals surface area (Å²) in [7, 11) is 0. The number of carbonyl (C=O) groups excluding carboxylic acids is 3. The number of Topliss-reactive ketones (excluding diaryl/α,β-unsaturated/α-hetero) is 1. The van der Waals surface area contributed by atoms with E-state index in [1.54, 1.807) is 6.92 Å². The number of benzene rings is 2. The summed E-state index contributed by atoms with van der Waals surface area (Å²) in [6, 6.07) is 9.39. The van der Waals surface area contributed by atoms with Crippen LogP contribution in [0.3, 0.4) is 0 Å². The van der Waals surface area contributed by atoms with Crippen molar-refractivity contribution >= 4 is 17.7 Å². The van der Waals surface area contributed by atoms with E-state index in [1.165, 1.54) is 4.90 Å². The molecule has 5 heteroatoms. The predicted molar refractivity (Wildman–Crippen MR) is 106 cm³/mol. The first-order valence-corrected chi connectivity index (χ1v) is 9.59. The van der Waals surface area contributed by atoms with Crippen molar-refractivity contribution in [2.24, 2.45) is 0 Å². The molecule has 5 nitrogen and oxygen atoms in total. The molecule has 0 aromatic heterocycles. The van der Waals surface area contributed by atoms with E-state index in [0.717, 1.165) is 39.8 Å². The summed E-state index contributed by atoms with van der Waals surface area (Å²) >= 11 is 0. The Balaban J connectivity index is 1.73. The van der Waals surface area contributed by atoms with E-state index in [9.17, 15) is 14.4 Å². The molecule has 144 valence electrons. The average molecular weight is 376 g/mol. The van der Waals surface area contributed by atoms with Crippen LogP contribution in [-0.2, 0) is 23.3 Å². The van der Waals surface area contributed by atoms with Crippen molar-refractivity contribution in [3.8, 4) is 0 Å². The van der Waals surface area contributed by atoms with Gasteiger partial charge in [-0.25, -0.2) is 4.79 Å². The number of fused-ring (bicyclic) bond motifs is 2. The summed E-state index contributed by atoms with van der Waals surface area (Å²) in [6.45, 7) is 7.49. The third-order valence-electron chi connectivity index (χ3n) is 6.22. The molecule has 1 N–H and O–H groups in total. The number of aryl methyl sites for hydroxylation is 3. The Bertz CT molecular complexity index is 1040. The van der Waals surface area contributed by atoms with Crippen molar-refractivity contribution in [2.45, 2.75) is 52.6 Å². The first-order chi connectivity index (χ1) is 13.3. The standard InChI is InChI=1S/C23H24N2O3/c1-13-11-14(2)20(16(4)26)15(3)18(13)12-25-21(27)23(24-22(25)28)10-9-17-7-5-6-8-19(17)23/h5-8,11H,9-10,12H2,1-4H3,(H,24,28). The second kappa shape index (κ2) is 6.30. The lowest BCUT2D eigenvalue weighted by molar-refractivity contribution is -0.132. The Hall–Kier alpha value is -2.95. The van der Waals surface area contributed by atoms with Crippen molar-refractivity contribution in [3.05, 3.63) is 69.3 Å². The number of rotatable bonds is 3. The van der Waals surface area contributed by atoms with Crippen LogP contribution in [0.2, 0.25) is 0 Å². The van der Waals surface area contributed by atoms with Gasteiger partial charge in [-0.2, -0.15) is 0 Å². The van der Waals surface area contributed by atoms with Gasteiger partial charge in [0.1, 0.15) is 5.54 Å². The molecule has 0 radical (unpaired) electrons. The molecule has 2 aromatic rings. The number of urea groups is 1. The van der Waals surface area contributed by atoms with Gasteiger partial charge in [0.2, 0.25) is 0 Å². The molecule has 1 fully saturated rings. The molecule has 3 amide bonds. The fraction of sp³-hybridized carbons (Fsp3) is 0.348. The monoisotopic (exact) mass is 376 g/mol. The van der Waals surface area contributed by atoms with Gasteiger partial charge in [-0.1, -0.05) is 30.3 Å². The highest BCUT2D eigenvalue weighted by molar-refractivity contribution is 6.08. The molecule has 28 heavy (non-hydrogen) atoms. The lowest BCUT2D eigenvalue weighted by atomic mass is 9.90. The van der Waals surface area contributed by atoms with E-state index < -0.39 is 5.54 Å². The molecule has 1 aliphatic heterocycles. The molecular weight excluding hydrogens is 352 g/mol. The van der Waals surface area contributed by atoms with Crippen molar-refractivity contribution in [1.82, 2.24) is 10.2 Å². The number of hydrogen-bond acceptors (Lipinski definition) is 3. The van der Waals surface area contributed by atoms with Crippen LogP contribution in [0.25, 0.3) is 0 Å². The van der Waals surface area contributed by atoms with Crippen molar-refractivity contribution in [2.75, 3.05) is 0 Å². The highest BCUT2D eigenvalue weighted by atomic mass is 16.2. The number of nitrogens with one attached hydrogen (secondary N) is 1. The van der Waals surface area contributed by atoms with Crippen molar-refractivity contribution < 1.29 is 14.4 Å². The summed E-state index contributed by atoms with van der Waals surface area (Å²) < 4.78 is 0. The molecule has 2 aromatic carbocycles. The summed E-state index contributed by atoms with van der Waals surface area (Å²) in [5.41, 5.74) is 5.34. The Morgan fingerprint density at radius 3 is 2.57 bits per heavy atom. The van der Waals surface area contributed by atoms with E-state index in [4.69, 9.17) is 0 Å². The predicted octanol–water partition coefficient (Wildman–Crippen LogP) is 3.71. The number of amides is 3. The average Bonchev–Trinajstić information content (AvgIpc) is 3.11. The second-order valence-corrected chi connectivity index (χ2v) is 7.93. The van der Waals surface area contributed by atoms with Crippen LogP contribution in [0.1, 0.15) is 57.1 Å². The van der Waals surface area contributed by atoms with E-state index in [1.807, 2.05) is 51.1 Å². The normalized spacial score (nSPS) is 20.6. The SMILES string of the molecule is CC(=O)c1c(C)cc(C)c(CN2C(=O)NC3(CCc4ccccc43)C2=O)c1C. The summed E-state index contributed by atoms with van der Waals surface area (Å²) in [5, 5.41) is 2.96. The van der Waals surface area contributed by atoms with Gasteiger partial charge in [0.15, 0.2) is 5.78 Å². The maximum absolute atomic E-state index is 13.4. The molecule has 0 saturated carbocycles. The van der Waals surface area contributed by atoms with E-state index in [-0.39, 0.29) is 24.3 Å². The minimum absolute atomic E-state index is 0.00496. The van der Waals surface area contributed by atoms with Crippen molar-refractivity contribution in [3.63, 3.8) is 0 Å². The van der Waals surface area contributed by atoms with Crippen LogP contribution >= 0.6 is 0 Å². The minimum Gasteiger partial charge on any atom is -0.319 e. The number of hydrogen-bond donors (Lipinski definition) is 1. The lowest BCUT2D eigenvalue weighted by Gasteiger charge is -2.23. The summed E-state index contributed by atoms with van der Waals surface area (Å²) in [4.78, 5) is 39.6. The van der Waals surface area contributed by atoms with Gasteiger partial charge in [-0.3, -0.25) is 14.5 Å². The van der Waals surface area contributed by atoms with Gasteiger partial charge < -0.3 is 5.32 Å². The minimum atomic E-state index is -0.955. The lowest BCUT2D eigenvalue weighted by Crippen LogP contribution is -2.41. The zero-order valence-corrected chi connectivity index (χ0v) is 16.7. The molecule has 1 aliphatic carbocycles. The third-order valence-corrected chi connectivity index (χ3v) is 6.22. The Morgan fingerprint density at radius 2 is 1.86 bits per heavy atom. The van der Waals surface area contributed by atoms with Gasteiger partial charge in [0.05, 0.1) is 6.54 Å². The number of carbonyl (C=O) groups is 3. The number of imide groups is 1. The Morgan fingerprint density at radius 1 is 1.14 bits per heavy atom. The molecule has 1 saturated heterocycles. The first kappa shape index (κ1) is 18.4. The maximum Gasteiger partial charge on any atom is 0.325 e. The van der Waals surface area contributed by atoms with Crippen LogP contribution in [0.5, 0.6) is 0 Å². The topological polar surface area (TPSA) is 66.5 Å². The van der Waals surface area contributed by atoms with Crippen LogP contribution in [0.4, 0.5) is 4.79 Å². The molecular formula is C23H24N2O3. The maximum atomic E-state index is 13.4. The van der Waals surface area contributed by atoms with Crippen LogP contribution in [0.15, 0.2) is 30.3 Å². The zero-order chi connectivity index (χ0) is 20.2. The van der Waals surface area contributed by atoms with Gasteiger partial charge in [0, 0.05) is 5.56 Å². The molecule has 1 atom stereocenters. The Labute approximate surface area is 164 Å². The van der Waals surface area contributed by atoms with Gasteiger partial charge in [0.25, 0.3) is 5.91 Å². The third kappa shape index (κ3) is 2.49. The fourth-order valence-electron chi connectivity index (χ4n) is 4.90. The quantitative estimate of drug-likeness (QED) is 0.656. The molecule has 2 aliphatic rings. The molecule has 1 unspecified atom stereocenters.